The van der Waals surface area contributed by atoms with Crippen molar-refractivity contribution < 1.29 is 23.5 Å². The molecular formula is C30H35ClFN3O4. The van der Waals surface area contributed by atoms with Crippen molar-refractivity contribution in [3.05, 3.63) is 64.9 Å². The van der Waals surface area contributed by atoms with E-state index in [2.05, 4.69) is 0 Å². The second kappa shape index (κ2) is 10.5. The van der Waals surface area contributed by atoms with E-state index in [1.807, 2.05) is 47.9 Å². The number of benzene rings is 2. The van der Waals surface area contributed by atoms with Crippen LogP contribution < -0.4 is 4.74 Å². The summed E-state index contributed by atoms with van der Waals surface area (Å²) in [7, 11) is 1.67. The Hall–Kier alpha value is -3.13. The van der Waals surface area contributed by atoms with Crippen LogP contribution in [0.15, 0.2) is 48.5 Å². The molecule has 0 radical (unpaired) electrons. The summed E-state index contributed by atoms with van der Waals surface area (Å²) in [5.74, 6) is -0.243. The molecule has 1 aliphatic carbocycles. The molecule has 3 amide bonds. The molecule has 39 heavy (non-hydrogen) atoms. The number of carbonyl (C=O) groups excluding carboxylic acids is 3. The minimum atomic E-state index is -0.766. The van der Waals surface area contributed by atoms with Gasteiger partial charge in [0.15, 0.2) is 0 Å². The Morgan fingerprint density at radius 1 is 0.974 bits per heavy atom. The van der Waals surface area contributed by atoms with Crippen LogP contribution in [0.1, 0.15) is 51.0 Å². The fourth-order valence-electron chi connectivity index (χ4n) is 5.90. The molecule has 2 aromatic rings. The molecule has 9 heteroatoms. The predicted octanol–water partition coefficient (Wildman–Crippen LogP) is 5.33. The van der Waals surface area contributed by atoms with Gasteiger partial charge >= 0.3 is 6.09 Å². The van der Waals surface area contributed by atoms with E-state index >= 15 is 0 Å². The lowest BCUT2D eigenvalue weighted by Crippen LogP contribution is -2.53. The summed E-state index contributed by atoms with van der Waals surface area (Å²) in [5, 5.41) is 0.608. The Morgan fingerprint density at radius 3 is 2.18 bits per heavy atom. The van der Waals surface area contributed by atoms with E-state index in [-0.39, 0.29) is 34.8 Å². The Balaban J connectivity index is 1.32. The molecule has 2 atom stereocenters. The summed E-state index contributed by atoms with van der Waals surface area (Å²) in [6.45, 7) is 5.96. The molecule has 7 nitrogen and oxygen atoms in total. The quantitative estimate of drug-likeness (QED) is 0.500. The molecule has 5 rings (SSSR count). The van der Waals surface area contributed by atoms with E-state index in [1.54, 1.807) is 11.9 Å². The molecule has 1 saturated carbocycles. The lowest BCUT2D eigenvalue weighted by Gasteiger charge is -2.39. The van der Waals surface area contributed by atoms with Crippen LogP contribution in [0.4, 0.5) is 9.18 Å². The van der Waals surface area contributed by atoms with Gasteiger partial charge in [-0.05, 0) is 74.6 Å². The van der Waals surface area contributed by atoms with Crippen molar-refractivity contribution in [3.63, 3.8) is 0 Å². The van der Waals surface area contributed by atoms with E-state index in [0.29, 0.717) is 44.0 Å². The number of likely N-dealkylation sites (tertiary alicyclic amines) is 2. The molecule has 3 aliphatic rings. The maximum atomic E-state index is 13.8. The summed E-state index contributed by atoms with van der Waals surface area (Å²) in [6.07, 6.45) is 2.59. The number of piperidine rings is 1. The van der Waals surface area contributed by atoms with E-state index in [9.17, 15) is 18.8 Å². The van der Waals surface area contributed by atoms with Crippen molar-refractivity contribution >= 4 is 29.5 Å². The normalized spacial score (nSPS) is 24.4. The first-order valence-corrected chi connectivity index (χ1v) is 13.9. The second-order valence-corrected chi connectivity index (χ2v) is 12.1. The zero-order valence-electron chi connectivity index (χ0n) is 22.7. The summed E-state index contributed by atoms with van der Waals surface area (Å²) >= 11 is 6.15. The average Bonchev–Trinajstić information content (AvgIpc) is 3.59. The van der Waals surface area contributed by atoms with E-state index in [4.69, 9.17) is 16.3 Å². The monoisotopic (exact) mass is 555 g/mol. The summed E-state index contributed by atoms with van der Waals surface area (Å²) < 4.78 is 18.9. The maximum absolute atomic E-state index is 13.8. The molecule has 2 heterocycles. The summed E-state index contributed by atoms with van der Waals surface area (Å²) in [6, 6.07) is 12.8. The van der Waals surface area contributed by atoms with Crippen molar-refractivity contribution in [1.29, 1.82) is 0 Å². The van der Waals surface area contributed by atoms with Gasteiger partial charge in [-0.15, -0.1) is 0 Å². The summed E-state index contributed by atoms with van der Waals surface area (Å²) in [5.41, 5.74) is 0.00129. The van der Waals surface area contributed by atoms with Gasteiger partial charge in [0.2, 0.25) is 11.8 Å². The molecule has 2 aliphatic heterocycles. The van der Waals surface area contributed by atoms with Gasteiger partial charge in [0.25, 0.3) is 0 Å². The van der Waals surface area contributed by atoms with Gasteiger partial charge in [0, 0.05) is 55.5 Å². The number of amides is 3. The fraction of sp³-hybridized carbons (Fsp3) is 0.500. The minimum absolute atomic E-state index is 0.0581. The third-order valence-electron chi connectivity index (χ3n) is 8.96. The van der Waals surface area contributed by atoms with Crippen LogP contribution in [0.5, 0.6) is 5.75 Å². The number of nitrogens with zero attached hydrogens (tertiary/aromatic N) is 3. The van der Waals surface area contributed by atoms with E-state index < -0.39 is 17.4 Å². The first kappa shape index (κ1) is 27.4. The van der Waals surface area contributed by atoms with Crippen LogP contribution in [-0.4, -0.2) is 71.4 Å². The van der Waals surface area contributed by atoms with Gasteiger partial charge in [-0.25, -0.2) is 9.18 Å². The topological polar surface area (TPSA) is 70.2 Å². The molecule has 0 bridgehead atoms. The Bertz CT molecular complexity index is 1240. The van der Waals surface area contributed by atoms with Crippen LogP contribution in [-0.2, 0) is 9.59 Å². The van der Waals surface area contributed by atoms with Gasteiger partial charge in [-0.2, -0.15) is 0 Å². The smallest absolute Gasteiger partial charge is 0.410 e. The number of hydrogen-bond donors (Lipinski definition) is 0. The molecule has 2 unspecified atom stereocenters. The van der Waals surface area contributed by atoms with Crippen LogP contribution in [0.25, 0.3) is 0 Å². The van der Waals surface area contributed by atoms with Gasteiger partial charge in [0.05, 0.1) is 5.54 Å². The molecule has 0 N–H and O–H groups in total. The first-order valence-electron chi connectivity index (χ1n) is 13.5. The summed E-state index contributed by atoms with van der Waals surface area (Å²) in [4.78, 5) is 45.1. The number of hydrogen-bond acceptors (Lipinski definition) is 4. The molecule has 208 valence electrons. The number of ether oxygens (including phenoxy) is 1. The molecule has 0 aromatic heterocycles. The van der Waals surface area contributed by atoms with Crippen molar-refractivity contribution in [2.24, 2.45) is 11.3 Å². The van der Waals surface area contributed by atoms with Gasteiger partial charge < -0.3 is 19.4 Å². The highest BCUT2D eigenvalue weighted by molar-refractivity contribution is 6.30. The highest BCUT2D eigenvalue weighted by Gasteiger charge is 2.52. The Morgan fingerprint density at radius 2 is 1.59 bits per heavy atom. The minimum Gasteiger partial charge on any atom is -0.410 e. The van der Waals surface area contributed by atoms with Crippen LogP contribution in [0.2, 0.25) is 5.02 Å². The number of rotatable bonds is 5. The predicted molar refractivity (Wildman–Crippen MR) is 146 cm³/mol. The van der Waals surface area contributed by atoms with E-state index in [1.165, 1.54) is 24.3 Å². The van der Waals surface area contributed by atoms with E-state index in [0.717, 1.165) is 18.4 Å². The molecule has 0 spiro atoms. The fourth-order valence-corrected chi connectivity index (χ4v) is 6.02. The third kappa shape index (κ3) is 5.49. The van der Waals surface area contributed by atoms with Crippen LogP contribution in [0, 0.1) is 17.2 Å². The molecule has 3 fully saturated rings. The SMILES string of the molecule is CN(C(=O)Oc1ccc(F)cc1)C1(C)CN(C(=O)C2CCN(C(=O)C3(C)CC3)CC2)CC1c1ccc(Cl)cc1. The lowest BCUT2D eigenvalue weighted by atomic mass is 9.82. The van der Waals surface area contributed by atoms with Gasteiger partial charge in [-0.3, -0.25) is 9.59 Å². The Kier molecular flexibility index (Phi) is 7.35. The molecule has 2 saturated heterocycles. The highest BCUT2D eigenvalue weighted by atomic mass is 35.5. The largest absolute Gasteiger partial charge is 0.415 e. The maximum Gasteiger partial charge on any atom is 0.415 e. The van der Waals surface area contributed by atoms with Crippen molar-refractivity contribution in [2.45, 2.75) is 51.0 Å². The first-order chi connectivity index (χ1) is 18.5. The number of halogens is 2. The zero-order valence-corrected chi connectivity index (χ0v) is 23.4. The molecular weight excluding hydrogens is 521 g/mol. The van der Waals surface area contributed by atoms with Crippen molar-refractivity contribution in [3.8, 4) is 5.75 Å². The Labute approximate surface area is 233 Å². The molecule has 2 aromatic carbocycles. The van der Waals surface area contributed by atoms with Gasteiger partial charge in [0.1, 0.15) is 11.6 Å². The second-order valence-electron chi connectivity index (χ2n) is 11.7. The van der Waals surface area contributed by atoms with Crippen LogP contribution >= 0.6 is 11.6 Å². The highest BCUT2D eigenvalue weighted by Crippen LogP contribution is 2.47. The van der Waals surface area contributed by atoms with Crippen molar-refractivity contribution in [1.82, 2.24) is 14.7 Å². The third-order valence-corrected chi connectivity index (χ3v) is 9.21. The standard InChI is InChI=1S/C30H35ClFN3O4/c1-29(14-15-29)27(37)34-16-12-21(13-17-34)26(36)35-18-25(20-4-6-22(31)7-5-20)30(2,19-35)33(3)28(38)39-24-10-8-23(32)9-11-24/h4-11,21,25H,12-19H2,1-3H3. The van der Waals surface area contributed by atoms with Crippen LogP contribution in [0.3, 0.4) is 0 Å². The number of likely N-dealkylation sites (N-methyl/N-ethyl adjacent to an activating group) is 1. The lowest BCUT2D eigenvalue weighted by molar-refractivity contribution is -0.142. The average molecular weight is 556 g/mol. The van der Waals surface area contributed by atoms with Gasteiger partial charge in [-0.1, -0.05) is 30.7 Å². The van der Waals surface area contributed by atoms with Crippen molar-refractivity contribution in [2.75, 3.05) is 33.2 Å². The number of carbonyl (C=O) groups is 3. The zero-order chi connectivity index (χ0) is 27.9.